The van der Waals surface area contributed by atoms with Crippen molar-refractivity contribution in [3.05, 3.63) is 31.0 Å². The predicted octanol–water partition coefficient (Wildman–Crippen LogP) is 2.91. The molecule has 1 aromatic rings. The van der Waals surface area contributed by atoms with E-state index in [1.54, 1.807) is 0 Å². The lowest BCUT2D eigenvalue weighted by Crippen LogP contribution is -2.06. The fraction of sp³-hybridized carbons (Fsp3) is 0.143. The van der Waals surface area contributed by atoms with Crippen molar-refractivity contribution in [2.45, 2.75) is 6.43 Å². The van der Waals surface area contributed by atoms with Crippen molar-refractivity contribution in [3.8, 4) is 0 Å². The Bertz CT molecular complexity index is 469. The molecule has 0 spiro atoms. The van der Waals surface area contributed by atoms with Crippen LogP contribution in [0.3, 0.4) is 0 Å². The van der Waals surface area contributed by atoms with Crippen molar-refractivity contribution in [3.63, 3.8) is 0 Å². The Hall–Kier alpha value is -0.900. The zero-order valence-corrected chi connectivity index (χ0v) is 10.2. The molecule has 16 heavy (non-hydrogen) atoms. The van der Waals surface area contributed by atoms with Gasteiger partial charge in [0.15, 0.2) is 0 Å². The van der Waals surface area contributed by atoms with Crippen molar-refractivity contribution < 1.29 is 18.5 Å². The zero-order chi connectivity index (χ0) is 12.5. The van der Waals surface area contributed by atoms with Crippen LogP contribution in [0.15, 0.2) is 6.07 Å². The molecule has 0 saturated carbocycles. The van der Waals surface area contributed by atoms with E-state index in [9.17, 15) is 23.7 Å². The SMILES string of the molecule is O=C(Cl)c1cc(I)c([N+](=O)[O-])nc1C(F)F. The second-order valence-corrected chi connectivity index (χ2v) is 4.06. The van der Waals surface area contributed by atoms with Crippen LogP contribution in [-0.4, -0.2) is 15.1 Å². The topological polar surface area (TPSA) is 73.1 Å². The van der Waals surface area contributed by atoms with Gasteiger partial charge in [0.05, 0.1) is 5.56 Å². The summed E-state index contributed by atoms with van der Waals surface area (Å²) in [6.45, 7) is 0. The third-order valence-corrected chi connectivity index (χ3v) is 2.58. The summed E-state index contributed by atoms with van der Waals surface area (Å²) >= 11 is 6.59. The Morgan fingerprint density at radius 2 is 2.19 bits per heavy atom. The maximum atomic E-state index is 12.5. The normalized spacial score (nSPS) is 10.6. The largest absolute Gasteiger partial charge is 0.377 e. The van der Waals surface area contributed by atoms with E-state index in [4.69, 9.17) is 11.6 Å². The molecule has 0 fully saturated rings. The lowest BCUT2D eigenvalue weighted by Gasteiger charge is -2.02. The van der Waals surface area contributed by atoms with E-state index >= 15 is 0 Å². The first-order valence-corrected chi connectivity index (χ1v) is 5.13. The van der Waals surface area contributed by atoms with Gasteiger partial charge in [-0.05, 0) is 50.2 Å². The number of hydrogen-bond donors (Lipinski definition) is 0. The number of carbonyl (C=O) groups excluding carboxylic acids is 1. The van der Waals surface area contributed by atoms with Crippen LogP contribution in [0.1, 0.15) is 22.5 Å². The minimum absolute atomic E-state index is 0.0315. The monoisotopic (exact) mass is 362 g/mol. The molecule has 9 heteroatoms. The fourth-order valence-corrected chi connectivity index (χ4v) is 1.73. The molecule has 0 bridgehead atoms. The van der Waals surface area contributed by atoms with Gasteiger partial charge >= 0.3 is 12.2 Å². The van der Waals surface area contributed by atoms with E-state index < -0.39 is 33.7 Å². The third-order valence-electron chi connectivity index (χ3n) is 1.58. The van der Waals surface area contributed by atoms with Gasteiger partial charge in [-0.25, -0.2) is 8.78 Å². The Morgan fingerprint density at radius 3 is 2.56 bits per heavy atom. The van der Waals surface area contributed by atoms with Crippen LogP contribution in [0.4, 0.5) is 14.6 Å². The molecule has 0 aliphatic heterocycles. The van der Waals surface area contributed by atoms with Crippen molar-refractivity contribution in [2.75, 3.05) is 0 Å². The van der Waals surface area contributed by atoms with Gasteiger partial charge in [0.1, 0.15) is 3.57 Å². The summed E-state index contributed by atoms with van der Waals surface area (Å²) in [4.78, 5) is 23.5. The lowest BCUT2D eigenvalue weighted by atomic mass is 10.2. The highest BCUT2D eigenvalue weighted by atomic mass is 127. The minimum atomic E-state index is -3.10. The van der Waals surface area contributed by atoms with Crippen LogP contribution in [0.5, 0.6) is 0 Å². The van der Waals surface area contributed by atoms with Crippen LogP contribution in [-0.2, 0) is 0 Å². The predicted molar refractivity (Wildman–Crippen MR) is 58.7 cm³/mol. The average molecular weight is 362 g/mol. The third kappa shape index (κ3) is 2.61. The summed E-state index contributed by atoms with van der Waals surface area (Å²) in [7, 11) is 0. The van der Waals surface area contributed by atoms with E-state index in [1.807, 2.05) is 0 Å². The van der Waals surface area contributed by atoms with Gasteiger partial charge < -0.3 is 10.1 Å². The number of hydrogen-bond acceptors (Lipinski definition) is 4. The minimum Gasteiger partial charge on any atom is -0.358 e. The van der Waals surface area contributed by atoms with E-state index in [1.165, 1.54) is 22.6 Å². The Balaban J connectivity index is 3.49. The number of alkyl halides is 2. The molecule has 1 aromatic heterocycles. The summed E-state index contributed by atoms with van der Waals surface area (Å²) in [5.74, 6) is -0.724. The van der Waals surface area contributed by atoms with Crippen molar-refractivity contribution >= 4 is 45.3 Å². The Kier molecular flexibility index (Phi) is 4.08. The second kappa shape index (κ2) is 4.95. The van der Waals surface area contributed by atoms with Crippen LogP contribution in [0.25, 0.3) is 0 Å². The number of carbonyl (C=O) groups is 1. The highest BCUT2D eigenvalue weighted by molar-refractivity contribution is 14.1. The molecule has 0 amide bonds. The standard InChI is InChI=1S/C7H2ClF2IN2O3/c8-5(14)2-1-3(11)7(13(15)16)12-4(2)6(9)10/h1,6H. The van der Waals surface area contributed by atoms with Gasteiger partial charge in [0, 0.05) is 0 Å². The fourth-order valence-electron chi connectivity index (χ4n) is 0.945. The van der Waals surface area contributed by atoms with Crippen molar-refractivity contribution in [1.82, 2.24) is 4.98 Å². The lowest BCUT2D eigenvalue weighted by molar-refractivity contribution is -0.390. The molecule has 86 valence electrons. The molecule has 0 atom stereocenters. The van der Waals surface area contributed by atoms with E-state index in [0.29, 0.717) is 0 Å². The number of pyridine rings is 1. The van der Waals surface area contributed by atoms with Gasteiger partial charge in [-0.15, -0.1) is 0 Å². The average Bonchev–Trinajstić information content (AvgIpc) is 2.15. The molecule has 0 saturated heterocycles. The summed E-state index contributed by atoms with van der Waals surface area (Å²) in [6.07, 6.45) is -3.10. The molecular weight excluding hydrogens is 360 g/mol. The molecule has 5 nitrogen and oxygen atoms in total. The number of nitro groups is 1. The van der Waals surface area contributed by atoms with E-state index in [0.717, 1.165) is 6.07 Å². The molecular formula is C7H2ClF2IN2O3. The number of aromatic nitrogens is 1. The van der Waals surface area contributed by atoms with Gasteiger partial charge in [-0.3, -0.25) is 4.79 Å². The molecule has 0 aliphatic rings. The van der Waals surface area contributed by atoms with Gasteiger partial charge in [0.2, 0.25) is 5.69 Å². The zero-order valence-electron chi connectivity index (χ0n) is 7.29. The summed E-state index contributed by atoms with van der Waals surface area (Å²) in [6, 6.07) is 0.919. The molecule has 1 heterocycles. The maximum absolute atomic E-state index is 12.5. The van der Waals surface area contributed by atoms with Crippen LogP contribution in [0, 0.1) is 13.7 Å². The summed E-state index contributed by atoms with van der Waals surface area (Å²) in [5.41, 5.74) is -1.50. The Labute approximate surface area is 106 Å². The molecule has 1 rings (SSSR count). The van der Waals surface area contributed by atoms with Crippen LogP contribution < -0.4 is 0 Å². The molecule has 0 aliphatic carbocycles. The number of nitrogens with zero attached hydrogens (tertiary/aromatic N) is 2. The second-order valence-electron chi connectivity index (χ2n) is 2.56. The Morgan fingerprint density at radius 1 is 1.62 bits per heavy atom. The first-order chi connectivity index (χ1) is 7.34. The van der Waals surface area contributed by atoms with Crippen molar-refractivity contribution in [1.29, 1.82) is 0 Å². The maximum Gasteiger partial charge on any atom is 0.377 e. The molecule has 0 aromatic carbocycles. The first-order valence-electron chi connectivity index (χ1n) is 3.67. The molecule has 0 N–H and O–H groups in total. The van der Waals surface area contributed by atoms with Gasteiger partial charge in [0.25, 0.3) is 5.24 Å². The summed E-state index contributed by atoms with van der Waals surface area (Å²) in [5, 5.41) is 9.32. The smallest absolute Gasteiger partial charge is 0.358 e. The number of halogens is 4. The highest BCUT2D eigenvalue weighted by Crippen LogP contribution is 2.28. The number of rotatable bonds is 3. The van der Waals surface area contributed by atoms with Crippen LogP contribution >= 0.6 is 34.2 Å². The van der Waals surface area contributed by atoms with Gasteiger partial charge in [-0.1, -0.05) is 0 Å². The molecule has 0 unspecified atom stereocenters. The van der Waals surface area contributed by atoms with E-state index in [-0.39, 0.29) is 3.57 Å². The van der Waals surface area contributed by atoms with Gasteiger partial charge in [-0.2, -0.15) is 0 Å². The molecule has 0 radical (unpaired) electrons. The van der Waals surface area contributed by atoms with E-state index in [2.05, 4.69) is 4.98 Å². The van der Waals surface area contributed by atoms with Crippen LogP contribution in [0.2, 0.25) is 0 Å². The highest BCUT2D eigenvalue weighted by Gasteiger charge is 2.29. The first kappa shape index (κ1) is 13.2. The van der Waals surface area contributed by atoms with Crippen molar-refractivity contribution in [2.24, 2.45) is 0 Å². The quantitative estimate of drug-likeness (QED) is 0.359. The summed E-state index contributed by atoms with van der Waals surface area (Å²) < 4.78 is 24.9.